The lowest BCUT2D eigenvalue weighted by molar-refractivity contribution is -0.159. The minimum absolute atomic E-state index is 0.00278. The maximum atomic E-state index is 14.3. The van der Waals surface area contributed by atoms with E-state index in [1.54, 1.807) is 77.9 Å². The Kier molecular flexibility index (Phi) is 13.6. The zero-order chi connectivity index (χ0) is 34.7. The standard InChI is InChI=1S/C34H48N4O8/c1-8-9-19-38(30(42)24(21-27(35)40)37-32(44)46-34(5,6)7)28(23-17-13-14-18-26(23)39)29(41)36-25(31(43)45-33(2,3)4)20-22-15-11-10-12-16-22/h10-18,24-25,28,39H,8-9,19-21H2,1-7H3,(H2,35,40)(H,36,41)(H,37,44). The number of nitrogens with zero attached hydrogens (tertiary/aromatic N) is 1. The third-order valence-corrected chi connectivity index (χ3v) is 6.51. The molecule has 0 spiro atoms. The summed E-state index contributed by atoms with van der Waals surface area (Å²) in [5, 5.41) is 16.1. The van der Waals surface area contributed by atoms with Crippen LogP contribution in [0.5, 0.6) is 5.75 Å². The number of esters is 1. The van der Waals surface area contributed by atoms with Gasteiger partial charge in [0.05, 0.1) is 6.42 Å². The van der Waals surface area contributed by atoms with Crippen LogP contribution < -0.4 is 16.4 Å². The molecule has 0 aliphatic rings. The zero-order valence-electron chi connectivity index (χ0n) is 27.8. The number of benzene rings is 2. The van der Waals surface area contributed by atoms with E-state index in [9.17, 15) is 29.1 Å². The van der Waals surface area contributed by atoms with E-state index in [4.69, 9.17) is 15.2 Å². The molecule has 0 saturated heterocycles. The van der Waals surface area contributed by atoms with E-state index in [1.165, 1.54) is 17.0 Å². The molecule has 4 amide bonds. The number of phenols is 1. The van der Waals surface area contributed by atoms with Crippen molar-refractivity contribution >= 4 is 29.8 Å². The minimum atomic E-state index is -1.49. The molecule has 0 aliphatic heterocycles. The van der Waals surface area contributed by atoms with Gasteiger partial charge in [-0.3, -0.25) is 14.4 Å². The van der Waals surface area contributed by atoms with E-state index in [1.807, 2.05) is 13.0 Å². The van der Waals surface area contributed by atoms with Gasteiger partial charge in [-0.2, -0.15) is 0 Å². The predicted molar refractivity (Wildman–Crippen MR) is 172 cm³/mol. The number of nitrogens with two attached hydrogens (primary N) is 1. The molecule has 0 radical (unpaired) electrons. The number of ether oxygens (including phenoxy) is 2. The molecule has 252 valence electrons. The summed E-state index contributed by atoms with van der Waals surface area (Å²) in [5.74, 6) is -3.43. The highest BCUT2D eigenvalue weighted by Crippen LogP contribution is 2.30. The third kappa shape index (κ3) is 12.4. The number of aromatic hydroxyl groups is 1. The number of para-hydroxylation sites is 1. The summed E-state index contributed by atoms with van der Waals surface area (Å²) in [7, 11) is 0. The van der Waals surface area contributed by atoms with Crippen LogP contribution in [0.25, 0.3) is 0 Å². The predicted octanol–water partition coefficient (Wildman–Crippen LogP) is 3.90. The maximum Gasteiger partial charge on any atom is 0.408 e. The van der Waals surface area contributed by atoms with Crippen LogP contribution in [0.4, 0.5) is 4.79 Å². The van der Waals surface area contributed by atoms with Crippen LogP contribution in [-0.2, 0) is 35.1 Å². The number of carbonyl (C=O) groups excluding carboxylic acids is 5. The van der Waals surface area contributed by atoms with Gasteiger partial charge in [-0.1, -0.05) is 61.9 Å². The molecule has 0 fully saturated rings. The molecular weight excluding hydrogens is 592 g/mol. The molecule has 0 bridgehead atoms. The van der Waals surface area contributed by atoms with Gasteiger partial charge in [0.2, 0.25) is 17.7 Å². The van der Waals surface area contributed by atoms with Crippen molar-refractivity contribution in [1.29, 1.82) is 0 Å². The highest BCUT2D eigenvalue weighted by Gasteiger charge is 2.39. The number of hydrogen-bond acceptors (Lipinski definition) is 8. The van der Waals surface area contributed by atoms with E-state index < -0.39 is 65.5 Å². The number of hydrogen-bond donors (Lipinski definition) is 4. The van der Waals surface area contributed by atoms with Crippen LogP contribution in [0, 0.1) is 0 Å². The Hall–Kier alpha value is -4.61. The van der Waals surface area contributed by atoms with Crippen LogP contribution in [0.2, 0.25) is 0 Å². The molecule has 12 nitrogen and oxygen atoms in total. The zero-order valence-corrected chi connectivity index (χ0v) is 27.8. The Morgan fingerprint density at radius 3 is 1.98 bits per heavy atom. The summed E-state index contributed by atoms with van der Waals surface area (Å²) in [6, 6.07) is 10.9. The lowest BCUT2D eigenvalue weighted by atomic mass is 9.99. The van der Waals surface area contributed by atoms with Gasteiger partial charge in [0.15, 0.2) is 0 Å². The fourth-order valence-corrected chi connectivity index (χ4v) is 4.58. The molecule has 2 rings (SSSR count). The van der Waals surface area contributed by atoms with Crippen molar-refractivity contribution < 1.29 is 38.6 Å². The first-order valence-corrected chi connectivity index (χ1v) is 15.3. The van der Waals surface area contributed by atoms with Gasteiger partial charge in [-0.25, -0.2) is 9.59 Å². The van der Waals surface area contributed by atoms with Crippen molar-refractivity contribution in [2.45, 2.75) is 103 Å². The first kappa shape index (κ1) is 37.6. The Labute approximate surface area is 271 Å². The summed E-state index contributed by atoms with van der Waals surface area (Å²) in [6.45, 7) is 11.9. The molecule has 2 aromatic carbocycles. The molecule has 5 N–H and O–H groups in total. The molecule has 12 heteroatoms. The summed E-state index contributed by atoms with van der Waals surface area (Å²) in [6.07, 6.45) is -0.405. The Morgan fingerprint density at radius 2 is 1.43 bits per heavy atom. The summed E-state index contributed by atoms with van der Waals surface area (Å²) in [4.78, 5) is 67.8. The Morgan fingerprint density at radius 1 is 0.848 bits per heavy atom. The van der Waals surface area contributed by atoms with Gasteiger partial charge in [0.1, 0.15) is 35.1 Å². The van der Waals surface area contributed by atoms with E-state index in [-0.39, 0.29) is 24.3 Å². The fourth-order valence-electron chi connectivity index (χ4n) is 4.58. The van der Waals surface area contributed by atoms with Gasteiger partial charge in [-0.05, 0) is 59.6 Å². The SMILES string of the molecule is CCCCN(C(=O)C(CC(N)=O)NC(=O)OC(C)(C)C)C(C(=O)NC(Cc1ccccc1)C(=O)OC(C)(C)C)c1ccccc1O. The molecule has 0 aromatic heterocycles. The van der Waals surface area contributed by atoms with E-state index in [2.05, 4.69) is 10.6 Å². The average Bonchev–Trinajstić information content (AvgIpc) is 2.93. The van der Waals surface area contributed by atoms with Crippen molar-refractivity contribution in [3.8, 4) is 5.75 Å². The molecule has 46 heavy (non-hydrogen) atoms. The quantitative estimate of drug-likeness (QED) is 0.225. The molecule has 3 unspecified atom stereocenters. The summed E-state index contributed by atoms with van der Waals surface area (Å²) >= 11 is 0. The maximum absolute atomic E-state index is 14.3. The Bertz CT molecular complexity index is 1350. The highest BCUT2D eigenvalue weighted by molar-refractivity contribution is 5.96. The number of primary amides is 1. The van der Waals surface area contributed by atoms with Gasteiger partial charge >= 0.3 is 12.1 Å². The monoisotopic (exact) mass is 640 g/mol. The Balaban J connectivity index is 2.62. The molecular formula is C34H48N4O8. The molecule has 0 heterocycles. The molecule has 0 aliphatic carbocycles. The topological polar surface area (TPSA) is 177 Å². The smallest absolute Gasteiger partial charge is 0.408 e. The van der Waals surface area contributed by atoms with Gasteiger partial charge < -0.3 is 35.8 Å². The van der Waals surface area contributed by atoms with E-state index in [0.717, 1.165) is 5.56 Å². The molecule has 0 saturated carbocycles. The first-order valence-electron chi connectivity index (χ1n) is 15.3. The first-order chi connectivity index (χ1) is 21.4. The van der Waals surface area contributed by atoms with Crippen molar-refractivity contribution in [3.63, 3.8) is 0 Å². The number of nitrogens with one attached hydrogen (secondary N) is 2. The number of rotatable bonds is 14. The number of alkyl carbamates (subject to hydrolysis) is 1. The van der Waals surface area contributed by atoms with Crippen molar-refractivity contribution in [2.24, 2.45) is 5.73 Å². The number of carbonyl (C=O) groups is 5. The van der Waals surface area contributed by atoms with Crippen LogP contribution in [0.15, 0.2) is 54.6 Å². The summed E-state index contributed by atoms with van der Waals surface area (Å²) < 4.78 is 10.9. The van der Waals surface area contributed by atoms with Gasteiger partial charge in [-0.15, -0.1) is 0 Å². The van der Waals surface area contributed by atoms with Crippen LogP contribution in [0.1, 0.15) is 84.9 Å². The largest absolute Gasteiger partial charge is 0.508 e. The lowest BCUT2D eigenvalue weighted by Gasteiger charge is -2.35. The normalized spacial score (nSPS) is 13.5. The fraction of sp³-hybridized carbons (Fsp3) is 0.500. The third-order valence-electron chi connectivity index (χ3n) is 6.51. The van der Waals surface area contributed by atoms with Crippen LogP contribution >= 0.6 is 0 Å². The van der Waals surface area contributed by atoms with Crippen molar-refractivity contribution in [2.75, 3.05) is 6.54 Å². The molecule has 2 aromatic rings. The second-order valence-electron chi connectivity index (χ2n) is 13.0. The van der Waals surface area contributed by atoms with Gasteiger partial charge in [0, 0.05) is 18.5 Å². The van der Waals surface area contributed by atoms with Crippen LogP contribution in [-0.4, -0.2) is 69.6 Å². The van der Waals surface area contributed by atoms with Crippen molar-refractivity contribution in [1.82, 2.24) is 15.5 Å². The highest BCUT2D eigenvalue weighted by atomic mass is 16.6. The van der Waals surface area contributed by atoms with Crippen molar-refractivity contribution in [3.05, 3.63) is 65.7 Å². The van der Waals surface area contributed by atoms with E-state index in [0.29, 0.717) is 12.8 Å². The minimum Gasteiger partial charge on any atom is -0.508 e. The van der Waals surface area contributed by atoms with Crippen LogP contribution in [0.3, 0.4) is 0 Å². The second-order valence-corrected chi connectivity index (χ2v) is 13.0. The summed E-state index contributed by atoms with van der Waals surface area (Å²) in [5.41, 5.74) is 4.52. The number of amides is 4. The number of phenolic OH excluding ortho intramolecular Hbond substituents is 1. The number of unbranched alkanes of at least 4 members (excludes halogenated alkanes) is 1. The lowest BCUT2D eigenvalue weighted by Crippen LogP contribution is -2.55. The van der Waals surface area contributed by atoms with E-state index >= 15 is 0 Å². The average molecular weight is 641 g/mol. The van der Waals surface area contributed by atoms with Gasteiger partial charge in [0.25, 0.3) is 0 Å². The molecule has 3 atom stereocenters. The second kappa shape index (κ2) is 16.6.